The van der Waals surface area contributed by atoms with Gasteiger partial charge in [0.05, 0.1) is 18.7 Å². The number of rotatable bonds is 9. The fourth-order valence-corrected chi connectivity index (χ4v) is 3.71. The molecule has 0 radical (unpaired) electrons. The number of hydrogen-bond acceptors (Lipinski definition) is 6. The molecule has 3 rings (SSSR count). The second kappa shape index (κ2) is 12.0. The Morgan fingerprint density at radius 3 is 2.27 bits per heavy atom. The smallest absolute Gasteiger partial charge is 0.416 e. The van der Waals surface area contributed by atoms with Crippen LogP contribution < -0.4 is 16.7 Å². The monoisotopic (exact) mass is 595 g/mol. The first-order valence-corrected chi connectivity index (χ1v) is 11.5. The van der Waals surface area contributed by atoms with Gasteiger partial charge in [0, 0.05) is 16.1 Å². The van der Waals surface area contributed by atoms with Gasteiger partial charge in [-0.2, -0.15) is 26.3 Å². The zero-order valence-electron chi connectivity index (χ0n) is 20.0. The zero-order valence-corrected chi connectivity index (χ0v) is 20.8. The molecule has 0 aliphatic heterocycles. The van der Waals surface area contributed by atoms with Crippen LogP contribution in [0.1, 0.15) is 17.2 Å². The highest BCUT2D eigenvalue weighted by atomic mass is 35.5. The Morgan fingerprint density at radius 2 is 1.70 bits per heavy atom. The minimum Gasteiger partial charge on any atom is -0.440 e. The summed E-state index contributed by atoms with van der Waals surface area (Å²) in [5.41, 5.74) is 2.24. The molecule has 2 atom stereocenters. The minimum absolute atomic E-state index is 0.133. The number of carbonyl (C=O) groups is 2. The predicted octanol–water partition coefficient (Wildman–Crippen LogP) is 3.26. The van der Waals surface area contributed by atoms with Crippen molar-refractivity contribution in [2.75, 3.05) is 6.54 Å². The van der Waals surface area contributed by atoms with Crippen LogP contribution in [0.2, 0.25) is 5.02 Å². The van der Waals surface area contributed by atoms with Crippen molar-refractivity contribution in [3.63, 3.8) is 0 Å². The first-order valence-electron chi connectivity index (χ1n) is 11.1. The van der Waals surface area contributed by atoms with Gasteiger partial charge in [0.25, 0.3) is 0 Å². The van der Waals surface area contributed by atoms with E-state index in [1.54, 1.807) is 0 Å². The van der Waals surface area contributed by atoms with Gasteiger partial charge in [-0.05, 0) is 30.3 Å². The number of halogens is 7. The average Bonchev–Trinajstić information content (AvgIpc) is 3.15. The maximum atomic E-state index is 13.4. The van der Waals surface area contributed by atoms with Crippen molar-refractivity contribution in [1.82, 2.24) is 19.7 Å². The number of amides is 2. The number of nitrogens with zero attached hydrogens (tertiary/aromatic N) is 3. The maximum Gasteiger partial charge on any atom is 0.416 e. The molecule has 40 heavy (non-hydrogen) atoms. The summed E-state index contributed by atoms with van der Waals surface area (Å²) >= 11 is 5.82. The summed E-state index contributed by atoms with van der Waals surface area (Å²) in [6.07, 6.45) is -16.0. The Hall–Kier alpha value is -4.05. The topological polar surface area (TPSA) is 141 Å². The van der Waals surface area contributed by atoms with Gasteiger partial charge < -0.3 is 20.9 Å². The summed E-state index contributed by atoms with van der Waals surface area (Å²) in [5, 5.41) is 15.9. The van der Waals surface area contributed by atoms with Crippen LogP contribution >= 0.6 is 11.6 Å². The summed E-state index contributed by atoms with van der Waals surface area (Å²) in [6, 6.07) is 9.51. The Bertz CT molecular complexity index is 1420. The third-order valence-corrected chi connectivity index (χ3v) is 5.66. The van der Waals surface area contributed by atoms with Gasteiger partial charge in [-0.15, -0.1) is 5.10 Å². The number of nitrogens with two attached hydrogens (primary N) is 1. The van der Waals surface area contributed by atoms with E-state index in [0.717, 1.165) is 18.2 Å². The molecule has 0 saturated heterocycles. The molecule has 1 aromatic heterocycles. The van der Waals surface area contributed by atoms with Crippen LogP contribution in [0.3, 0.4) is 0 Å². The van der Waals surface area contributed by atoms with Crippen molar-refractivity contribution < 1.29 is 45.8 Å². The third kappa shape index (κ3) is 7.53. The molecule has 4 N–H and O–H groups in total. The molecule has 2 aromatic carbocycles. The van der Waals surface area contributed by atoms with Crippen LogP contribution in [0.4, 0.5) is 31.1 Å². The number of aliphatic hydroxyl groups excluding tert-OH is 1. The van der Waals surface area contributed by atoms with Gasteiger partial charge in [0.1, 0.15) is 12.6 Å². The first kappa shape index (κ1) is 30.5. The Kier molecular flexibility index (Phi) is 9.14. The van der Waals surface area contributed by atoms with E-state index in [2.05, 4.69) is 10.4 Å². The van der Waals surface area contributed by atoms with Gasteiger partial charge in [-0.3, -0.25) is 9.36 Å². The van der Waals surface area contributed by atoms with Gasteiger partial charge in [0.15, 0.2) is 11.9 Å². The molecule has 0 spiro atoms. The molecular weight excluding hydrogens is 576 g/mol. The van der Waals surface area contributed by atoms with Crippen molar-refractivity contribution in [3.05, 3.63) is 75.2 Å². The van der Waals surface area contributed by atoms with E-state index in [4.69, 9.17) is 22.1 Å². The highest BCUT2D eigenvalue weighted by Gasteiger charge is 2.39. The van der Waals surface area contributed by atoms with Crippen molar-refractivity contribution in [1.29, 1.82) is 0 Å². The molecule has 17 heteroatoms. The number of benzene rings is 2. The van der Waals surface area contributed by atoms with Gasteiger partial charge in [-0.25, -0.2) is 14.3 Å². The Labute approximate surface area is 225 Å². The zero-order chi connectivity index (χ0) is 29.8. The summed E-state index contributed by atoms with van der Waals surface area (Å²) in [4.78, 5) is 36.8. The molecule has 10 nitrogen and oxygen atoms in total. The van der Waals surface area contributed by atoms with Crippen LogP contribution in [0.15, 0.2) is 53.3 Å². The van der Waals surface area contributed by atoms with Gasteiger partial charge in [-0.1, -0.05) is 29.8 Å². The van der Waals surface area contributed by atoms with E-state index in [1.165, 1.54) is 30.3 Å². The SMILES string of the molecule is NC(=O)OC(CNC(=O)Cn1nc(-c2ccc(Cl)cc2)n(CC(O)C(F)(F)F)c1=O)c1ccccc1C(F)(F)F. The fourth-order valence-electron chi connectivity index (χ4n) is 3.59. The summed E-state index contributed by atoms with van der Waals surface area (Å²) in [6.45, 7) is -2.84. The lowest BCUT2D eigenvalue weighted by Gasteiger charge is -2.21. The highest BCUT2D eigenvalue weighted by Crippen LogP contribution is 2.35. The number of aromatic nitrogens is 3. The molecule has 3 aromatic rings. The van der Waals surface area contributed by atoms with Crippen LogP contribution in [0.5, 0.6) is 0 Å². The molecule has 0 aliphatic carbocycles. The van der Waals surface area contributed by atoms with E-state index in [1.807, 2.05) is 0 Å². The van der Waals surface area contributed by atoms with E-state index in [9.17, 15) is 45.8 Å². The van der Waals surface area contributed by atoms with Crippen molar-refractivity contribution in [2.45, 2.75) is 37.7 Å². The van der Waals surface area contributed by atoms with E-state index >= 15 is 0 Å². The van der Waals surface area contributed by atoms with E-state index in [0.29, 0.717) is 9.25 Å². The quantitative estimate of drug-likeness (QED) is 0.324. The highest BCUT2D eigenvalue weighted by molar-refractivity contribution is 6.30. The molecule has 0 fully saturated rings. The first-order chi connectivity index (χ1) is 18.6. The number of hydrogen-bond donors (Lipinski definition) is 3. The number of aliphatic hydroxyl groups is 1. The van der Waals surface area contributed by atoms with E-state index in [-0.39, 0.29) is 16.4 Å². The van der Waals surface area contributed by atoms with Crippen LogP contribution in [0.25, 0.3) is 11.4 Å². The molecule has 0 bridgehead atoms. The second-order valence-corrected chi connectivity index (χ2v) is 8.69. The number of carbonyl (C=O) groups excluding carboxylic acids is 2. The fraction of sp³-hybridized carbons (Fsp3) is 0.304. The number of ether oxygens (including phenoxy) is 1. The van der Waals surface area contributed by atoms with Crippen molar-refractivity contribution >= 4 is 23.6 Å². The number of alkyl halides is 6. The summed E-state index contributed by atoms with van der Waals surface area (Å²) in [5.74, 6) is -1.35. The van der Waals surface area contributed by atoms with Crippen LogP contribution in [-0.4, -0.2) is 50.3 Å². The van der Waals surface area contributed by atoms with E-state index < -0.39 is 73.0 Å². The summed E-state index contributed by atoms with van der Waals surface area (Å²) < 4.78 is 85.0. The lowest BCUT2D eigenvalue weighted by Crippen LogP contribution is -2.39. The van der Waals surface area contributed by atoms with Crippen LogP contribution in [0, 0.1) is 0 Å². The lowest BCUT2D eigenvalue weighted by atomic mass is 10.0. The predicted molar refractivity (Wildman–Crippen MR) is 127 cm³/mol. The largest absolute Gasteiger partial charge is 0.440 e. The van der Waals surface area contributed by atoms with Crippen LogP contribution in [-0.2, 0) is 28.8 Å². The lowest BCUT2D eigenvalue weighted by molar-refractivity contribution is -0.207. The third-order valence-electron chi connectivity index (χ3n) is 5.41. The minimum atomic E-state index is -5.07. The molecule has 1 heterocycles. The average molecular weight is 596 g/mol. The standard InChI is InChI=1S/C23H20ClF6N5O5/c24-13-7-5-12(6-8-13)19-33-35(21(39)34(19)10-17(36)23(28,29)30)11-18(37)32-9-16(40-20(31)38)14-3-1-2-4-15(14)22(25,26)27/h1-8,16-17,36H,9-11H2,(H2,31,38)(H,32,37). The number of nitrogens with one attached hydrogen (secondary N) is 1. The molecule has 0 saturated carbocycles. The Morgan fingerprint density at radius 1 is 1.07 bits per heavy atom. The van der Waals surface area contributed by atoms with Gasteiger partial charge in [0.2, 0.25) is 5.91 Å². The maximum absolute atomic E-state index is 13.4. The molecular formula is C23H20ClF6N5O5. The summed E-state index contributed by atoms with van der Waals surface area (Å²) in [7, 11) is 0. The number of primary amides is 1. The van der Waals surface area contributed by atoms with Crippen molar-refractivity contribution in [2.24, 2.45) is 5.73 Å². The molecule has 2 amide bonds. The van der Waals surface area contributed by atoms with Gasteiger partial charge >= 0.3 is 24.1 Å². The Balaban J connectivity index is 1.87. The molecule has 2 unspecified atom stereocenters. The molecule has 216 valence electrons. The second-order valence-electron chi connectivity index (χ2n) is 8.25. The van der Waals surface area contributed by atoms with Crippen molar-refractivity contribution in [3.8, 4) is 11.4 Å². The molecule has 0 aliphatic rings. The normalized spacial score (nSPS) is 13.5.